The summed E-state index contributed by atoms with van der Waals surface area (Å²) >= 11 is 5.94. The van der Waals surface area contributed by atoms with Crippen LogP contribution < -0.4 is 5.14 Å². The largest absolute Gasteiger partial charge is 0.386 e. The van der Waals surface area contributed by atoms with Gasteiger partial charge in [-0.15, -0.1) is 0 Å². The second kappa shape index (κ2) is 5.99. The SMILES string of the molecule is CC(C)C(OS(N)(=O)=O)C(O)c1ccccc1Cl. The molecule has 0 aromatic heterocycles. The number of nitrogens with two attached hydrogens (primary N) is 1. The van der Waals surface area contributed by atoms with Crippen LogP contribution in [0.15, 0.2) is 24.3 Å². The molecule has 0 saturated heterocycles. The van der Waals surface area contributed by atoms with Gasteiger partial charge in [-0.1, -0.05) is 43.6 Å². The van der Waals surface area contributed by atoms with Gasteiger partial charge in [0.2, 0.25) is 0 Å². The van der Waals surface area contributed by atoms with Gasteiger partial charge in [-0.2, -0.15) is 8.42 Å². The van der Waals surface area contributed by atoms with Crippen LogP contribution in [0.2, 0.25) is 5.02 Å². The van der Waals surface area contributed by atoms with Gasteiger partial charge < -0.3 is 5.11 Å². The van der Waals surface area contributed by atoms with Gasteiger partial charge in [0.25, 0.3) is 0 Å². The van der Waals surface area contributed by atoms with Gasteiger partial charge in [-0.25, -0.2) is 5.14 Å². The lowest BCUT2D eigenvalue weighted by atomic mass is 9.96. The predicted octanol–water partition coefficient (Wildman–Crippen LogP) is 1.62. The van der Waals surface area contributed by atoms with Crippen LogP contribution in [-0.2, 0) is 14.5 Å². The Balaban J connectivity index is 3.04. The molecule has 1 aromatic rings. The molecule has 7 heteroatoms. The summed E-state index contributed by atoms with van der Waals surface area (Å²) in [6, 6.07) is 6.62. The molecule has 0 amide bonds. The number of rotatable bonds is 5. The summed E-state index contributed by atoms with van der Waals surface area (Å²) in [7, 11) is -4.14. The van der Waals surface area contributed by atoms with Crippen LogP contribution in [0, 0.1) is 5.92 Å². The van der Waals surface area contributed by atoms with Crippen molar-refractivity contribution in [2.24, 2.45) is 11.1 Å². The highest BCUT2D eigenvalue weighted by Crippen LogP contribution is 2.30. The number of hydrogen-bond acceptors (Lipinski definition) is 4. The summed E-state index contributed by atoms with van der Waals surface area (Å²) in [4.78, 5) is 0. The molecule has 0 radical (unpaired) electrons. The average Bonchev–Trinajstić information content (AvgIpc) is 2.24. The van der Waals surface area contributed by atoms with Crippen LogP contribution in [0.25, 0.3) is 0 Å². The molecule has 2 unspecified atom stereocenters. The van der Waals surface area contributed by atoms with Crippen LogP contribution in [0.3, 0.4) is 0 Å². The maximum Gasteiger partial charge on any atom is 0.333 e. The summed E-state index contributed by atoms with van der Waals surface area (Å²) in [5.74, 6) is -0.255. The molecule has 1 rings (SSSR count). The van der Waals surface area contributed by atoms with Gasteiger partial charge in [0, 0.05) is 10.6 Å². The molecule has 102 valence electrons. The fourth-order valence-electron chi connectivity index (χ4n) is 1.58. The van der Waals surface area contributed by atoms with Crippen molar-refractivity contribution < 1.29 is 17.7 Å². The Morgan fingerprint density at radius 1 is 1.33 bits per heavy atom. The van der Waals surface area contributed by atoms with Crippen molar-refractivity contribution in [3.8, 4) is 0 Å². The molecule has 0 aliphatic carbocycles. The quantitative estimate of drug-likeness (QED) is 0.863. The van der Waals surface area contributed by atoms with E-state index in [2.05, 4.69) is 0 Å². The average molecular weight is 294 g/mol. The smallest absolute Gasteiger partial charge is 0.333 e. The maximum atomic E-state index is 11.0. The molecule has 18 heavy (non-hydrogen) atoms. The van der Waals surface area contributed by atoms with Crippen molar-refractivity contribution in [3.63, 3.8) is 0 Å². The molecule has 0 spiro atoms. The normalized spacial score (nSPS) is 15.7. The first-order valence-corrected chi connectivity index (χ1v) is 7.21. The minimum Gasteiger partial charge on any atom is -0.386 e. The van der Waals surface area contributed by atoms with Crippen LogP contribution in [0.1, 0.15) is 25.5 Å². The Bertz CT molecular complexity index is 504. The van der Waals surface area contributed by atoms with E-state index in [1.807, 2.05) is 0 Å². The minimum atomic E-state index is -4.14. The number of benzene rings is 1. The summed E-state index contributed by atoms with van der Waals surface area (Å²) in [5, 5.41) is 15.3. The molecule has 2 atom stereocenters. The molecule has 0 aliphatic heterocycles. The van der Waals surface area contributed by atoms with E-state index in [0.29, 0.717) is 10.6 Å². The lowest BCUT2D eigenvalue weighted by Gasteiger charge is -2.25. The van der Waals surface area contributed by atoms with Gasteiger partial charge in [-0.05, 0) is 12.0 Å². The maximum absolute atomic E-state index is 11.0. The number of hydrogen-bond donors (Lipinski definition) is 2. The fourth-order valence-corrected chi connectivity index (χ4v) is 2.46. The highest BCUT2D eigenvalue weighted by molar-refractivity contribution is 7.84. The number of halogens is 1. The molecule has 0 aliphatic rings. The second-order valence-electron chi connectivity index (χ2n) is 4.26. The zero-order valence-corrected chi connectivity index (χ0v) is 11.6. The molecular formula is C11H16ClNO4S. The third-order valence-electron chi connectivity index (χ3n) is 2.44. The Morgan fingerprint density at radius 3 is 2.33 bits per heavy atom. The van der Waals surface area contributed by atoms with Crippen LogP contribution in [0.4, 0.5) is 0 Å². The summed E-state index contributed by atoms with van der Waals surface area (Å²) in [5.41, 5.74) is 0.404. The fraction of sp³-hybridized carbons (Fsp3) is 0.455. The Morgan fingerprint density at radius 2 is 1.89 bits per heavy atom. The van der Waals surface area contributed by atoms with E-state index < -0.39 is 22.5 Å². The minimum absolute atomic E-state index is 0.255. The first-order chi connectivity index (χ1) is 8.22. The summed E-state index contributed by atoms with van der Waals surface area (Å²) < 4.78 is 26.7. The predicted molar refractivity (Wildman–Crippen MR) is 69.2 cm³/mol. The van der Waals surface area contributed by atoms with Crippen molar-refractivity contribution >= 4 is 21.9 Å². The van der Waals surface area contributed by atoms with E-state index in [-0.39, 0.29) is 5.92 Å². The van der Waals surface area contributed by atoms with Gasteiger partial charge in [0.15, 0.2) is 0 Å². The highest BCUT2D eigenvalue weighted by atomic mass is 35.5. The third kappa shape index (κ3) is 4.22. The molecule has 0 heterocycles. The Labute approximate surface area is 112 Å². The van der Waals surface area contributed by atoms with Crippen LogP contribution in [-0.4, -0.2) is 19.6 Å². The highest BCUT2D eigenvalue weighted by Gasteiger charge is 2.29. The monoisotopic (exact) mass is 293 g/mol. The van der Waals surface area contributed by atoms with Gasteiger partial charge in [0.05, 0.1) is 0 Å². The summed E-state index contributed by atoms with van der Waals surface area (Å²) in [6.07, 6.45) is -2.16. The zero-order chi connectivity index (χ0) is 13.9. The molecular weight excluding hydrogens is 278 g/mol. The van der Waals surface area contributed by atoms with Crippen molar-refractivity contribution in [2.75, 3.05) is 0 Å². The summed E-state index contributed by atoms with van der Waals surface area (Å²) in [6.45, 7) is 3.44. The molecule has 0 fully saturated rings. The van der Waals surface area contributed by atoms with Gasteiger partial charge >= 0.3 is 10.3 Å². The number of aliphatic hydroxyl groups excluding tert-OH is 1. The first kappa shape index (κ1) is 15.4. The van der Waals surface area contributed by atoms with E-state index >= 15 is 0 Å². The van der Waals surface area contributed by atoms with Gasteiger partial charge in [0.1, 0.15) is 12.2 Å². The van der Waals surface area contributed by atoms with E-state index in [1.54, 1.807) is 38.1 Å². The van der Waals surface area contributed by atoms with E-state index in [1.165, 1.54) is 0 Å². The third-order valence-corrected chi connectivity index (χ3v) is 3.27. The lowest BCUT2D eigenvalue weighted by Crippen LogP contribution is -2.33. The first-order valence-electron chi connectivity index (χ1n) is 5.36. The Kier molecular flexibility index (Phi) is 5.12. The lowest BCUT2D eigenvalue weighted by molar-refractivity contribution is 0.0120. The van der Waals surface area contributed by atoms with E-state index in [4.69, 9.17) is 20.9 Å². The van der Waals surface area contributed by atoms with Crippen LogP contribution >= 0.6 is 11.6 Å². The number of aliphatic hydroxyl groups is 1. The van der Waals surface area contributed by atoms with Crippen molar-refractivity contribution in [1.29, 1.82) is 0 Å². The molecule has 0 bridgehead atoms. The van der Waals surface area contributed by atoms with Gasteiger partial charge in [-0.3, -0.25) is 4.18 Å². The topological polar surface area (TPSA) is 89.6 Å². The molecule has 3 N–H and O–H groups in total. The molecule has 0 saturated carbocycles. The molecule has 1 aromatic carbocycles. The van der Waals surface area contributed by atoms with Crippen molar-refractivity contribution in [1.82, 2.24) is 0 Å². The zero-order valence-electron chi connectivity index (χ0n) is 10.1. The van der Waals surface area contributed by atoms with Crippen molar-refractivity contribution in [3.05, 3.63) is 34.9 Å². The van der Waals surface area contributed by atoms with Crippen LogP contribution in [0.5, 0.6) is 0 Å². The van der Waals surface area contributed by atoms with Crippen molar-refractivity contribution in [2.45, 2.75) is 26.1 Å². The van der Waals surface area contributed by atoms with E-state index in [9.17, 15) is 13.5 Å². The molecule has 5 nitrogen and oxygen atoms in total. The Hall–Kier alpha value is -0.660. The second-order valence-corrected chi connectivity index (χ2v) is 5.85. The standard InChI is InChI=1S/C11H16ClNO4S/c1-7(2)11(17-18(13,15)16)10(14)8-5-3-4-6-9(8)12/h3-7,10-11,14H,1-2H3,(H2,13,15,16). The van der Waals surface area contributed by atoms with E-state index in [0.717, 1.165) is 0 Å².